The van der Waals surface area contributed by atoms with Gasteiger partial charge in [0.1, 0.15) is 6.33 Å². The van der Waals surface area contributed by atoms with Crippen LogP contribution in [0.4, 0.5) is 0 Å². The van der Waals surface area contributed by atoms with E-state index in [0.29, 0.717) is 5.75 Å². The molecule has 0 saturated carbocycles. The first-order chi connectivity index (χ1) is 18.9. The Morgan fingerprint density at radius 3 is 2.31 bits per heavy atom. The normalized spacial score (nSPS) is 21.6. The predicted molar refractivity (Wildman–Crippen MR) is 147 cm³/mol. The van der Waals surface area contributed by atoms with E-state index in [-0.39, 0.29) is 36.2 Å². The molecule has 1 aliphatic heterocycles. The number of aliphatic hydroxyl groups is 1. The van der Waals surface area contributed by atoms with Gasteiger partial charge in [-0.25, -0.2) is 18.1 Å². The number of aliphatic hydroxyl groups excluding tert-OH is 1. The Morgan fingerprint density at radius 1 is 0.949 bits per heavy atom. The second kappa shape index (κ2) is 12.4. The fourth-order valence-corrected chi connectivity index (χ4v) is 6.37. The van der Waals surface area contributed by atoms with Gasteiger partial charge in [-0.15, -0.1) is 0 Å². The SMILES string of the molecule is C[C@@H]1[C@H](CSc2ncn[nH]2)O[C@H](c2ccc(CNS(=O)(=O)c3ccccc3)cc2)O[C@@H]1c1ccc(CO)cc1. The third-order valence-electron chi connectivity index (χ3n) is 6.67. The number of ether oxygens (including phenoxy) is 2. The monoisotopic (exact) mass is 566 g/mol. The molecule has 1 aliphatic rings. The van der Waals surface area contributed by atoms with Crippen molar-refractivity contribution in [3.63, 3.8) is 0 Å². The molecule has 0 aliphatic carbocycles. The fraction of sp³-hybridized carbons (Fsp3) is 0.286. The maximum Gasteiger partial charge on any atom is 0.240 e. The maximum atomic E-state index is 12.6. The first-order valence-electron chi connectivity index (χ1n) is 12.6. The van der Waals surface area contributed by atoms with E-state index in [9.17, 15) is 13.5 Å². The van der Waals surface area contributed by atoms with Gasteiger partial charge in [-0.2, -0.15) is 5.10 Å². The molecular weight excluding hydrogens is 536 g/mol. The van der Waals surface area contributed by atoms with E-state index in [1.54, 1.807) is 30.3 Å². The van der Waals surface area contributed by atoms with Crippen molar-refractivity contribution in [2.24, 2.45) is 5.92 Å². The van der Waals surface area contributed by atoms with Crippen molar-refractivity contribution in [3.8, 4) is 0 Å². The summed E-state index contributed by atoms with van der Waals surface area (Å²) in [5, 5.41) is 17.0. The maximum absolute atomic E-state index is 12.6. The lowest BCUT2D eigenvalue weighted by Gasteiger charge is -2.41. The van der Waals surface area contributed by atoms with E-state index in [2.05, 4.69) is 26.8 Å². The Kier molecular flexibility index (Phi) is 8.75. The number of thioether (sulfide) groups is 1. The highest BCUT2D eigenvalue weighted by Gasteiger charge is 2.38. The molecule has 4 aromatic rings. The highest BCUT2D eigenvalue weighted by Crippen LogP contribution is 2.42. The van der Waals surface area contributed by atoms with Crippen LogP contribution in [0.5, 0.6) is 0 Å². The van der Waals surface area contributed by atoms with Gasteiger partial charge in [-0.1, -0.05) is 85.4 Å². The number of benzene rings is 3. The molecule has 11 heteroatoms. The molecule has 1 saturated heterocycles. The fourth-order valence-electron chi connectivity index (χ4n) is 4.39. The summed E-state index contributed by atoms with van der Waals surface area (Å²) < 4.78 is 40.7. The highest BCUT2D eigenvalue weighted by molar-refractivity contribution is 7.99. The van der Waals surface area contributed by atoms with Gasteiger partial charge >= 0.3 is 0 Å². The highest BCUT2D eigenvalue weighted by atomic mass is 32.2. The molecule has 9 nitrogen and oxygen atoms in total. The second-order valence-electron chi connectivity index (χ2n) is 9.30. The standard InChI is InChI=1S/C28H30N4O5S2/c1-19-25(17-38-28-29-18-30-32-28)36-27(37-26(19)22-11-9-21(16-33)10-12-22)23-13-7-20(8-14-23)15-31-39(34,35)24-5-3-2-4-6-24/h2-14,18-19,25-27,31,33H,15-17H2,1H3,(H,29,30,32)/t19-,25+,26+,27+/m1/s1. The molecule has 1 aromatic heterocycles. The van der Waals surface area contributed by atoms with Crippen LogP contribution in [0.2, 0.25) is 0 Å². The van der Waals surface area contributed by atoms with Gasteiger partial charge in [0.15, 0.2) is 11.4 Å². The molecule has 1 fully saturated rings. The second-order valence-corrected chi connectivity index (χ2v) is 12.1. The van der Waals surface area contributed by atoms with Crippen molar-refractivity contribution < 1.29 is 23.0 Å². The molecule has 5 rings (SSSR count). The van der Waals surface area contributed by atoms with Crippen LogP contribution in [-0.2, 0) is 32.6 Å². The quantitative estimate of drug-likeness (QED) is 0.242. The van der Waals surface area contributed by atoms with Crippen molar-refractivity contribution in [1.29, 1.82) is 0 Å². The molecule has 204 valence electrons. The number of H-pyrrole nitrogens is 1. The third kappa shape index (κ3) is 6.75. The van der Waals surface area contributed by atoms with Crippen molar-refractivity contribution in [2.75, 3.05) is 5.75 Å². The van der Waals surface area contributed by atoms with Crippen LogP contribution in [0, 0.1) is 5.92 Å². The van der Waals surface area contributed by atoms with E-state index in [1.165, 1.54) is 18.1 Å². The molecule has 3 N–H and O–H groups in total. The smallest absolute Gasteiger partial charge is 0.240 e. The average Bonchev–Trinajstić information content (AvgIpc) is 3.50. The number of hydrogen-bond acceptors (Lipinski definition) is 8. The molecule has 2 heterocycles. The van der Waals surface area contributed by atoms with Crippen molar-refractivity contribution in [3.05, 3.63) is 107 Å². The van der Waals surface area contributed by atoms with E-state index >= 15 is 0 Å². The van der Waals surface area contributed by atoms with E-state index in [1.807, 2.05) is 48.5 Å². The van der Waals surface area contributed by atoms with Gasteiger partial charge in [0.25, 0.3) is 0 Å². The van der Waals surface area contributed by atoms with Crippen LogP contribution in [0.15, 0.2) is 95.2 Å². The van der Waals surface area contributed by atoms with Gasteiger partial charge in [-0.3, -0.25) is 5.10 Å². The molecule has 0 unspecified atom stereocenters. The number of sulfonamides is 1. The Hall–Kier alpha value is -3.06. The summed E-state index contributed by atoms with van der Waals surface area (Å²) >= 11 is 1.54. The van der Waals surface area contributed by atoms with Crippen LogP contribution in [-0.4, -0.2) is 40.6 Å². The average molecular weight is 567 g/mol. The summed E-state index contributed by atoms with van der Waals surface area (Å²) in [4.78, 5) is 4.43. The summed E-state index contributed by atoms with van der Waals surface area (Å²) in [6, 6.07) is 23.6. The summed E-state index contributed by atoms with van der Waals surface area (Å²) in [7, 11) is -3.60. The van der Waals surface area contributed by atoms with Crippen LogP contribution in [0.3, 0.4) is 0 Å². The van der Waals surface area contributed by atoms with E-state index < -0.39 is 16.3 Å². The summed E-state index contributed by atoms with van der Waals surface area (Å²) in [5.41, 5.74) is 3.50. The minimum absolute atomic E-state index is 0.0165. The largest absolute Gasteiger partial charge is 0.392 e. The molecule has 39 heavy (non-hydrogen) atoms. The Bertz CT molecular complexity index is 1430. The van der Waals surface area contributed by atoms with Gasteiger partial charge in [0.05, 0.1) is 23.7 Å². The number of nitrogens with zero attached hydrogens (tertiary/aromatic N) is 2. The number of hydrogen-bond donors (Lipinski definition) is 3. The minimum atomic E-state index is -3.60. The molecule has 0 amide bonds. The molecule has 3 aromatic carbocycles. The van der Waals surface area contributed by atoms with Crippen molar-refractivity contribution in [1.82, 2.24) is 19.9 Å². The molecular formula is C28H30N4O5S2. The van der Waals surface area contributed by atoms with Gasteiger partial charge in [0, 0.05) is 23.8 Å². The molecule has 4 atom stereocenters. The topological polar surface area (TPSA) is 126 Å². The predicted octanol–water partition coefficient (Wildman–Crippen LogP) is 4.36. The summed E-state index contributed by atoms with van der Waals surface area (Å²) in [5.74, 6) is 0.698. The lowest BCUT2D eigenvalue weighted by molar-refractivity contribution is -0.268. The zero-order valence-electron chi connectivity index (χ0n) is 21.3. The van der Waals surface area contributed by atoms with Crippen LogP contribution >= 0.6 is 11.8 Å². The van der Waals surface area contributed by atoms with Gasteiger partial charge < -0.3 is 14.6 Å². The van der Waals surface area contributed by atoms with Gasteiger partial charge in [0.2, 0.25) is 10.0 Å². The summed E-state index contributed by atoms with van der Waals surface area (Å²) in [6.45, 7) is 2.25. The zero-order chi connectivity index (χ0) is 27.2. The third-order valence-corrected chi connectivity index (χ3v) is 9.05. The molecule has 0 bridgehead atoms. The Morgan fingerprint density at radius 2 is 1.64 bits per heavy atom. The Balaban J connectivity index is 1.31. The first kappa shape index (κ1) is 27.5. The van der Waals surface area contributed by atoms with Crippen LogP contribution in [0.1, 0.15) is 41.6 Å². The lowest BCUT2D eigenvalue weighted by atomic mass is 9.91. The van der Waals surface area contributed by atoms with Crippen LogP contribution in [0.25, 0.3) is 0 Å². The van der Waals surface area contributed by atoms with Crippen LogP contribution < -0.4 is 4.72 Å². The summed E-state index contributed by atoms with van der Waals surface area (Å²) in [6.07, 6.45) is 0.499. The Labute approximate surface area is 232 Å². The molecule has 0 spiro atoms. The van der Waals surface area contributed by atoms with E-state index in [0.717, 1.165) is 27.4 Å². The van der Waals surface area contributed by atoms with Crippen molar-refractivity contribution in [2.45, 2.75) is 48.6 Å². The number of aromatic nitrogens is 3. The van der Waals surface area contributed by atoms with E-state index in [4.69, 9.17) is 9.47 Å². The first-order valence-corrected chi connectivity index (χ1v) is 15.0. The van der Waals surface area contributed by atoms with Gasteiger partial charge in [-0.05, 0) is 28.8 Å². The number of nitrogens with one attached hydrogen (secondary N) is 2. The molecule has 0 radical (unpaired) electrons. The number of aromatic amines is 1. The lowest BCUT2D eigenvalue weighted by Crippen LogP contribution is -2.38. The van der Waals surface area contributed by atoms with Crippen molar-refractivity contribution >= 4 is 21.8 Å². The minimum Gasteiger partial charge on any atom is -0.392 e. The zero-order valence-corrected chi connectivity index (χ0v) is 22.9. The number of rotatable bonds is 10.